The van der Waals surface area contributed by atoms with Crippen molar-refractivity contribution < 1.29 is 9.84 Å². The van der Waals surface area contributed by atoms with Gasteiger partial charge in [0.15, 0.2) is 0 Å². The van der Waals surface area contributed by atoms with Crippen molar-refractivity contribution in [2.24, 2.45) is 5.92 Å². The fourth-order valence-electron chi connectivity index (χ4n) is 5.02. The van der Waals surface area contributed by atoms with Gasteiger partial charge in [0.2, 0.25) is 0 Å². The number of hydrogen-bond donors (Lipinski definition) is 1. The quantitative estimate of drug-likeness (QED) is 0.560. The topological polar surface area (TPSA) is 35.9 Å². The Bertz CT molecular complexity index is 640. The van der Waals surface area contributed by atoms with Gasteiger partial charge in [-0.2, -0.15) is 0 Å². The zero-order valence-electron chi connectivity index (χ0n) is 19.1. The fraction of sp³-hybridized carbons (Fsp3) is 0.760. The highest BCUT2D eigenvalue weighted by atomic mass is 16.5. The first-order chi connectivity index (χ1) is 14.0. The summed E-state index contributed by atoms with van der Waals surface area (Å²) in [4.78, 5) is 5.16. The molecule has 2 aliphatic rings. The van der Waals surface area contributed by atoms with Crippen LogP contribution in [0.2, 0.25) is 0 Å². The number of aliphatic hydroxyl groups excluding tert-OH is 1. The normalized spacial score (nSPS) is 20.8. The lowest BCUT2D eigenvalue weighted by molar-refractivity contribution is 0.0469. The Labute approximate surface area is 178 Å². The van der Waals surface area contributed by atoms with E-state index in [1.165, 1.54) is 43.4 Å². The third-order valence-corrected chi connectivity index (χ3v) is 7.28. The van der Waals surface area contributed by atoms with Crippen molar-refractivity contribution in [2.45, 2.75) is 70.8 Å². The summed E-state index contributed by atoms with van der Waals surface area (Å²) >= 11 is 0. The van der Waals surface area contributed by atoms with Crippen LogP contribution in [-0.2, 0) is 0 Å². The number of likely N-dealkylation sites (tertiary alicyclic amines) is 1. The van der Waals surface area contributed by atoms with E-state index in [0.29, 0.717) is 5.92 Å². The molecule has 0 amide bonds. The average molecular weight is 403 g/mol. The molecular formula is C25H42N2O2. The van der Waals surface area contributed by atoms with E-state index in [9.17, 15) is 5.11 Å². The van der Waals surface area contributed by atoms with Crippen LogP contribution in [-0.4, -0.2) is 66.9 Å². The van der Waals surface area contributed by atoms with Gasteiger partial charge in [0.1, 0.15) is 5.75 Å². The van der Waals surface area contributed by atoms with Crippen LogP contribution in [0.25, 0.3) is 0 Å². The number of aryl methyl sites for hydroxylation is 1. The number of methoxy groups -OCH3 is 1. The Morgan fingerprint density at radius 1 is 1.28 bits per heavy atom. The molecular weight excluding hydrogens is 360 g/mol. The molecule has 3 rings (SSSR count). The summed E-state index contributed by atoms with van der Waals surface area (Å²) < 4.78 is 5.55. The number of aliphatic hydroxyl groups is 1. The van der Waals surface area contributed by atoms with Crippen LogP contribution in [0.3, 0.4) is 0 Å². The minimum atomic E-state index is -0.149. The molecule has 2 fully saturated rings. The molecule has 0 radical (unpaired) electrons. The van der Waals surface area contributed by atoms with Gasteiger partial charge in [0.05, 0.1) is 13.7 Å². The van der Waals surface area contributed by atoms with Gasteiger partial charge >= 0.3 is 0 Å². The molecule has 1 saturated heterocycles. The molecule has 4 heteroatoms. The fourth-order valence-corrected chi connectivity index (χ4v) is 5.02. The molecule has 0 spiro atoms. The Morgan fingerprint density at radius 2 is 2.00 bits per heavy atom. The predicted molar refractivity (Wildman–Crippen MR) is 121 cm³/mol. The maximum absolute atomic E-state index is 10.4. The zero-order valence-corrected chi connectivity index (χ0v) is 19.1. The molecule has 1 aromatic rings. The van der Waals surface area contributed by atoms with E-state index in [0.717, 1.165) is 50.7 Å². The molecule has 1 N–H and O–H groups in total. The number of ether oxygens (including phenoxy) is 1. The van der Waals surface area contributed by atoms with Crippen molar-refractivity contribution in [3.05, 3.63) is 29.3 Å². The van der Waals surface area contributed by atoms with Gasteiger partial charge in [0, 0.05) is 12.1 Å². The lowest BCUT2D eigenvalue weighted by atomic mass is 9.80. The molecule has 0 bridgehead atoms. The van der Waals surface area contributed by atoms with Crippen molar-refractivity contribution in [3.63, 3.8) is 0 Å². The van der Waals surface area contributed by atoms with E-state index in [1.54, 1.807) is 7.11 Å². The second kappa shape index (κ2) is 10.3. The summed E-state index contributed by atoms with van der Waals surface area (Å²) in [5.74, 6) is 2.29. The molecule has 1 heterocycles. The van der Waals surface area contributed by atoms with Gasteiger partial charge in [-0.15, -0.1) is 0 Å². The summed E-state index contributed by atoms with van der Waals surface area (Å²) in [6.07, 6.45) is 7.46. The average Bonchev–Trinajstić information content (AvgIpc) is 3.37. The lowest BCUT2D eigenvalue weighted by Gasteiger charge is -2.40. The lowest BCUT2D eigenvalue weighted by Crippen LogP contribution is -2.49. The number of rotatable bonds is 12. The SMILES string of the molecule is CCN(CCC(CC(C)(CO)N1CCCC1)c1cc(OC)ccc1C)CC1CC1. The molecule has 4 nitrogen and oxygen atoms in total. The third kappa shape index (κ3) is 5.96. The van der Waals surface area contributed by atoms with Crippen molar-refractivity contribution >= 4 is 0 Å². The first kappa shape index (κ1) is 22.6. The van der Waals surface area contributed by atoms with E-state index < -0.39 is 0 Å². The van der Waals surface area contributed by atoms with Gasteiger partial charge in [-0.1, -0.05) is 13.0 Å². The van der Waals surface area contributed by atoms with Gasteiger partial charge in [-0.05, 0) is 114 Å². The Morgan fingerprint density at radius 3 is 2.59 bits per heavy atom. The molecule has 1 aliphatic carbocycles. The van der Waals surface area contributed by atoms with E-state index in [4.69, 9.17) is 4.74 Å². The Hall–Kier alpha value is -1.10. The monoisotopic (exact) mass is 402 g/mol. The van der Waals surface area contributed by atoms with Gasteiger partial charge < -0.3 is 14.7 Å². The van der Waals surface area contributed by atoms with Crippen molar-refractivity contribution in [3.8, 4) is 5.75 Å². The third-order valence-electron chi connectivity index (χ3n) is 7.28. The first-order valence-corrected chi connectivity index (χ1v) is 11.7. The van der Waals surface area contributed by atoms with Crippen LogP contribution >= 0.6 is 0 Å². The maximum atomic E-state index is 10.4. The van der Waals surface area contributed by atoms with E-state index in [1.807, 2.05) is 0 Å². The zero-order chi connectivity index (χ0) is 20.9. The second-order valence-electron chi connectivity index (χ2n) is 9.60. The Kier molecular flexibility index (Phi) is 8.00. The predicted octanol–water partition coefficient (Wildman–Crippen LogP) is 4.45. The highest BCUT2D eigenvalue weighted by Crippen LogP contribution is 2.37. The molecule has 1 aliphatic heterocycles. The van der Waals surface area contributed by atoms with Crippen LogP contribution < -0.4 is 4.74 Å². The van der Waals surface area contributed by atoms with Crippen molar-refractivity contribution in [1.29, 1.82) is 0 Å². The second-order valence-corrected chi connectivity index (χ2v) is 9.60. The number of benzene rings is 1. The molecule has 2 unspecified atom stereocenters. The van der Waals surface area contributed by atoms with E-state index in [-0.39, 0.29) is 12.1 Å². The molecule has 2 atom stereocenters. The minimum absolute atomic E-state index is 0.149. The van der Waals surface area contributed by atoms with Gasteiger partial charge in [-0.3, -0.25) is 4.90 Å². The molecule has 1 saturated carbocycles. The van der Waals surface area contributed by atoms with E-state index in [2.05, 4.69) is 48.8 Å². The highest BCUT2D eigenvalue weighted by molar-refractivity contribution is 5.37. The first-order valence-electron chi connectivity index (χ1n) is 11.7. The van der Waals surface area contributed by atoms with Gasteiger partial charge in [0.25, 0.3) is 0 Å². The molecule has 1 aromatic carbocycles. The molecule has 29 heavy (non-hydrogen) atoms. The van der Waals surface area contributed by atoms with E-state index >= 15 is 0 Å². The van der Waals surface area contributed by atoms with Crippen LogP contribution in [0.15, 0.2) is 18.2 Å². The maximum Gasteiger partial charge on any atom is 0.119 e. The summed E-state index contributed by atoms with van der Waals surface area (Å²) in [6, 6.07) is 6.49. The smallest absolute Gasteiger partial charge is 0.119 e. The van der Waals surface area contributed by atoms with Crippen LogP contribution in [0.4, 0.5) is 0 Å². The highest BCUT2D eigenvalue weighted by Gasteiger charge is 2.36. The van der Waals surface area contributed by atoms with Crippen molar-refractivity contribution in [2.75, 3.05) is 46.4 Å². The molecule has 164 valence electrons. The van der Waals surface area contributed by atoms with Gasteiger partial charge in [-0.25, -0.2) is 0 Å². The van der Waals surface area contributed by atoms with Crippen LogP contribution in [0.5, 0.6) is 5.75 Å². The summed E-state index contributed by atoms with van der Waals surface area (Å²) in [5, 5.41) is 10.4. The van der Waals surface area contributed by atoms with Crippen molar-refractivity contribution in [1.82, 2.24) is 9.80 Å². The number of nitrogens with zero attached hydrogens (tertiary/aromatic N) is 2. The van der Waals surface area contributed by atoms with Crippen LogP contribution in [0.1, 0.15) is 69.4 Å². The summed E-state index contributed by atoms with van der Waals surface area (Å²) in [6.45, 7) is 12.7. The largest absolute Gasteiger partial charge is 0.497 e. The standard InChI is InChI=1S/C25H42N2O2/c1-5-26(18-21-9-10-21)15-12-22(24-16-23(29-4)11-8-20(24)2)17-25(3,19-28)27-13-6-7-14-27/h8,11,16,21-22,28H,5-7,9-10,12-15,17-19H2,1-4H3. The minimum Gasteiger partial charge on any atom is -0.497 e. The Balaban J connectivity index is 1.79. The number of hydrogen-bond acceptors (Lipinski definition) is 4. The summed E-state index contributed by atoms with van der Waals surface area (Å²) in [5.41, 5.74) is 2.58. The molecule has 0 aromatic heterocycles. The van der Waals surface area contributed by atoms with Crippen LogP contribution in [0, 0.1) is 12.8 Å². The summed E-state index contributed by atoms with van der Waals surface area (Å²) in [7, 11) is 1.75.